The van der Waals surface area contributed by atoms with Gasteiger partial charge in [-0.15, -0.1) is 0 Å². The molecule has 6 heteroatoms. The molecule has 0 radical (unpaired) electrons. The minimum absolute atomic E-state index is 0.0318. The predicted octanol–water partition coefficient (Wildman–Crippen LogP) is 4.95. The number of hydrogen-bond donors (Lipinski definition) is 0. The molecule has 0 atom stereocenters. The third-order valence-electron chi connectivity index (χ3n) is 6.36. The van der Waals surface area contributed by atoms with E-state index in [9.17, 15) is 4.79 Å². The molecule has 1 heterocycles. The van der Waals surface area contributed by atoms with Crippen molar-refractivity contribution in [3.8, 4) is 17.2 Å². The predicted molar refractivity (Wildman–Crippen MR) is 142 cm³/mol. The van der Waals surface area contributed by atoms with Crippen molar-refractivity contribution >= 4 is 12.0 Å². The molecule has 3 aromatic rings. The van der Waals surface area contributed by atoms with Crippen molar-refractivity contribution < 1.29 is 19.0 Å². The SMILES string of the molecule is COc1cccc(CN2CCN(C(=O)/C=C/c3ccc(OC)c(COc4ccc(C)cc4)c3)CC2)c1. The van der Waals surface area contributed by atoms with Crippen LogP contribution in [0.15, 0.2) is 72.8 Å². The standard InChI is InChI=1S/C30H34N2O4/c1-23-7-11-27(12-8-23)36-22-26-19-24(9-13-29(26)35-3)10-14-30(33)32-17-15-31(16-18-32)21-25-5-4-6-28(20-25)34-2/h4-14,19-20H,15-18,21-22H2,1-3H3/b14-10+. The van der Waals surface area contributed by atoms with Crippen LogP contribution in [0.1, 0.15) is 22.3 Å². The Labute approximate surface area is 213 Å². The van der Waals surface area contributed by atoms with Gasteiger partial charge in [0.1, 0.15) is 23.9 Å². The quantitative estimate of drug-likeness (QED) is 0.401. The van der Waals surface area contributed by atoms with Gasteiger partial charge < -0.3 is 19.1 Å². The van der Waals surface area contributed by atoms with Crippen molar-refractivity contribution in [2.45, 2.75) is 20.1 Å². The molecule has 0 aromatic heterocycles. The maximum atomic E-state index is 12.8. The van der Waals surface area contributed by atoms with E-state index in [2.05, 4.69) is 17.0 Å². The molecule has 1 aliphatic rings. The van der Waals surface area contributed by atoms with Crippen LogP contribution in [0.2, 0.25) is 0 Å². The average Bonchev–Trinajstić information content (AvgIpc) is 2.92. The summed E-state index contributed by atoms with van der Waals surface area (Å²) in [5.41, 5.74) is 4.27. The molecule has 4 rings (SSSR count). The Morgan fingerprint density at radius 2 is 1.67 bits per heavy atom. The summed E-state index contributed by atoms with van der Waals surface area (Å²) in [6.07, 6.45) is 3.52. The summed E-state index contributed by atoms with van der Waals surface area (Å²) in [6.45, 7) is 6.41. The molecular formula is C30H34N2O4. The molecule has 1 aliphatic heterocycles. The largest absolute Gasteiger partial charge is 0.497 e. The molecule has 0 saturated carbocycles. The number of benzene rings is 3. The number of amides is 1. The van der Waals surface area contributed by atoms with E-state index in [0.717, 1.165) is 48.0 Å². The monoisotopic (exact) mass is 486 g/mol. The molecule has 188 valence electrons. The molecule has 0 bridgehead atoms. The van der Waals surface area contributed by atoms with Crippen LogP contribution in [0.3, 0.4) is 0 Å². The van der Waals surface area contributed by atoms with E-state index in [0.29, 0.717) is 19.7 Å². The lowest BCUT2D eigenvalue weighted by Crippen LogP contribution is -2.47. The molecule has 3 aromatic carbocycles. The topological polar surface area (TPSA) is 51.2 Å². The first-order chi connectivity index (χ1) is 17.5. The Morgan fingerprint density at radius 1 is 0.889 bits per heavy atom. The molecule has 6 nitrogen and oxygen atoms in total. The number of carbonyl (C=O) groups is 1. The van der Waals surface area contributed by atoms with Gasteiger partial charge in [0, 0.05) is 44.4 Å². The van der Waals surface area contributed by atoms with Gasteiger partial charge in [0.2, 0.25) is 5.91 Å². The van der Waals surface area contributed by atoms with Crippen molar-refractivity contribution in [3.63, 3.8) is 0 Å². The van der Waals surface area contributed by atoms with E-state index in [-0.39, 0.29) is 5.91 Å². The van der Waals surface area contributed by atoms with E-state index in [1.807, 2.05) is 72.5 Å². The Bertz CT molecular complexity index is 1180. The van der Waals surface area contributed by atoms with Gasteiger partial charge >= 0.3 is 0 Å². The van der Waals surface area contributed by atoms with E-state index in [1.165, 1.54) is 11.1 Å². The van der Waals surface area contributed by atoms with Gasteiger partial charge in [0.15, 0.2) is 0 Å². The lowest BCUT2D eigenvalue weighted by atomic mass is 10.1. The van der Waals surface area contributed by atoms with E-state index >= 15 is 0 Å². The number of carbonyl (C=O) groups excluding carboxylic acids is 1. The van der Waals surface area contributed by atoms with Crippen LogP contribution in [0.5, 0.6) is 17.2 Å². The molecule has 1 amide bonds. The molecule has 1 saturated heterocycles. The Morgan fingerprint density at radius 3 is 2.39 bits per heavy atom. The van der Waals surface area contributed by atoms with Crippen molar-refractivity contribution in [1.82, 2.24) is 9.80 Å². The molecule has 1 fully saturated rings. The first-order valence-corrected chi connectivity index (χ1v) is 12.2. The van der Waals surface area contributed by atoms with Crippen LogP contribution in [-0.2, 0) is 17.9 Å². The number of nitrogens with zero attached hydrogens (tertiary/aromatic N) is 2. The summed E-state index contributed by atoms with van der Waals surface area (Å²) < 4.78 is 16.8. The molecule has 0 unspecified atom stereocenters. The van der Waals surface area contributed by atoms with Gasteiger partial charge in [-0.3, -0.25) is 9.69 Å². The highest BCUT2D eigenvalue weighted by Crippen LogP contribution is 2.23. The zero-order valence-electron chi connectivity index (χ0n) is 21.3. The van der Waals surface area contributed by atoms with Crippen LogP contribution < -0.4 is 14.2 Å². The maximum absolute atomic E-state index is 12.8. The fourth-order valence-corrected chi connectivity index (χ4v) is 4.24. The van der Waals surface area contributed by atoms with Crippen molar-refractivity contribution in [2.24, 2.45) is 0 Å². The number of piperazine rings is 1. The fourth-order valence-electron chi connectivity index (χ4n) is 4.24. The summed E-state index contributed by atoms with van der Waals surface area (Å²) >= 11 is 0. The Kier molecular flexibility index (Phi) is 8.63. The fraction of sp³-hybridized carbons (Fsp3) is 0.300. The van der Waals surface area contributed by atoms with Gasteiger partial charge in [-0.25, -0.2) is 0 Å². The number of methoxy groups -OCH3 is 2. The van der Waals surface area contributed by atoms with Crippen LogP contribution in [0.25, 0.3) is 6.08 Å². The normalized spacial score (nSPS) is 14.1. The highest BCUT2D eigenvalue weighted by Gasteiger charge is 2.19. The number of rotatable bonds is 9. The van der Waals surface area contributed by atoms with Crippen LogP contribution in [-0.4, -0.2) is 56.1 Å². The molecule has 0 N–H and O–H groups in total. The van der Waals surface area contributed by atoms with Gasteiger partial charge in [-0.05, 0) is 60.5 Å². The first-order valence-electron chi connectivity index (χ1n) is 12.2. The van der Waals surface area contributed by atoms with Gasteiger partial charge in [-0.1, -0.05) is 35.9 Å². The molecule has 36 heavy (non-hydrogen) atoms. The second-order valence-corrected chi connectivity index (χ2v) is 8.96. The van der Waals surface area contributed by atoms with Crippen molar-refractivity contribution in [2.75, 3.05) is 40.4 Å². The van der Waals surface area contributed by atoms with Crippen molar-refractivity contribution in [1.29, 1.82) is 0 Å². The Balaban J connectivity index is 1.31. The van der Waals surface area contributed by atoms with Crippen LogP contribution in [0.4, 0.5) is 0 Å². The minimum Gasteiger partial charge on any atom is -0.497 e. The second kappa shape index (κ2) is 12.3. The number of ether oxygens (including phenoxy) is 3. The summed E-state index contributed by atoms with van der Waals surface area (Å²) in [6, 6.07) is 22.0. The Hall–Kier alpha value is -3.77. The number of hydrogen-bond acceptors (Lipinski definition) is 5. The zero-order valence-corrected chi connectivity index (χ0v) is 21.3. The highest BCUT2D eigenvalue weighted by molar-refractivity contribution is 5.91. The third kappa shape index (κ3) is 6.89. The maximum Gasteiger partial charge on any atom is 0.246 e. The molecular weight excluding hydrogens is 452 g/mol. The summed E-state index contributed by atoms with van der Waals surface area (Å²) in [5, 5.41) is 0. The third-order valence-corrected chi connectivity index (χ3v) is 6.36. The molecule has 0 spiro atoms. The van der Waals surface area contributed by atoms with E-state index < -0.39 is 0 Å². The smallest absolute Gasteiger partial charge is 0.246 e. The van der Waals surface area contributed by atoms with Gasteiger partial charge in [0.25, 0.3) is 0 Å². The van der Waals surface area contributed by atoms with E-state index in [4.69, 9.17) is 14.2 Å². The highest BCUT2D eigenvalue weighted by atomic mass is 16.5. The lowest BCUT2D eigenvalue weighted by Gasteiger charge is -2.34. The average molecular weight is 487 g/mol. The first kappa shape index (κ1) is 25.3. The minimum atomic E-state index is 0.0318. The summed E-state index contributed by atoms with van der Waals surface area (Å²) in [5.74, 6) is 2.47. The lowest BCUT2D eigenvalue weighted by molar-refractivity contribution is -0.127. The van der Waals surface area contributed by atoms with Crippen LogP contribution in [0, 0.1) is 6.92 Å². The zero-order chi connectivity index (χ0) is 25.3. The molecule has 0 aliphatic carbocycles. The number of aryl methyl sites for hydroxylation is 1. The summed E-state index contributed by atoms with van der Waals surface area (Å²) in [4.78, 5) is 17.1. The second-order valence-electron chi connectivity index (χ2n) is 8.96. The van der Waals surface area contributed by atoms with Gasteiger partial charge in [0.05, 0.1) is 14.2 Å². The van der Waals surface area contributed by atoms with Crippen LogP contribution >= 0.6 is 0 Å². The van der Waals surface area contributed by atoms with Crippen molar-refractivity contribution in [3.05, 3.63) is 95.1 Å². The van der Waals surface area contributed by atoms with Gasteiger partial charge in [-0.2, -0.15) is 0 Å². The summed E-state index contributed by atoms with van der Waals surface area (Å²) in [7, 11) is 3.33. The van der Waals surface area contributed by atoms with E-state index in [1.54, 1.807) is 20.3 Å².